The molecule has 1 aromatic carbocycles. The Morgan fingerprint density at radius 2 is 1.87 bits per heavy atom. The number of nitrogens with zero attached hydrogens (tertiary/aromatic N) is 2. The minimum atomic E-state index is -0.573. The van der Waals surface area contributed by atoms with E-state index >= 15 is 0 Å². The predicted molar refractivity (Wildman–Crippen MR) is 89.3 cm³/mol. The Hall–Kier alpha value is -1.79. The first-order chi connectivity index (χ1) is 10.6. The van der Waals surface area contributed by atoms with Crippen LogP contribution in [0.4, 0.5) is 4.79 Å². The van der Waals surface area contributed by atoms with Crippen molar-refractivity contribution in [3.05, 3.63) is 34.7 Å². The summed E-state index contributed by atoms with van der Waals surface area (Å²) in [7, 11) is 2.14. The number of imidazole rings is 1. The molecule has 23 heavy (non-hydrogen) atoms. The zero-order chi connectivity index (χ0) is 15.3. The van der Waals surface area contributed by atoms with Gasteiger partial charge in [0, 0.05) is 24.9 Å². The maximum atomic E-state index is 12.4. The molecule has 4 rings (SSSR count). The number of aromatic amines is 1. The lowest BCUT2D eigenvalue weighted by Crippen LogP contribution is -2.44. The third kappa shape index (κ3) is 2.66. The topological polar surface area (TPSA) is 67.3 Å². The molecule has 2 atom stereocenters. The van der Waals surface area contributed by atoms with Crippen molar-refractivity contribution >= 4 is 29.5 Å². The van der Waals surface area contributed by atoms with Gasteiger partial charge in [-0.1, -0.05) is 12.1 Å². The van der Waals surface area contributed by atoms with Crippen molar-refractivity contribution in [2.45, 2.75) is 43.9 Å². The number of piperidine rings is 1. The highest BCUT2D eigenvalue weighted by atomic mass is 35.5. The van der Waals surface area contributed by atoms with Crippen molar-refractivity contribution in [3.63, 3.8) is 0 Å². The molecule has 2 aliphatic heterocycles. The molecular weight excluding hydrogens is 318 g/mol. The van der Waals surface area contributed by atoms with Crippen molar-refractivity contribution < 1.29 is 9.53 Å². The molecule has 2 aliphatic rings. The highest BCUT2D eigenvalue weighted by Gasteiger charge is 2.40. The number of rotatable bonds is 1. The van der Waals surface area contributed by atoms with Crippen molar-refractivity contribution in [2.75, 3.05) is 7.05 Å². The van der Waals surface area contributed by atoms with Gasteiger partial charge in [0.25, 0.3) is 0 Å². The molecule has 2 saturated heterocycles. The van der Waals surface area contributed by atoms with E-state index in [4.69, 9.17) is 4.74 Å². The minimum absolute atomic E-state index is 0. The molecule has 0 spiro atoms. The Kier molecular flexibility index (Phi) is 4.21. The van der Waals surface area contributed by atoms with Gasteiger partial charge in [-0.3, -0.25) is 0 Å². The standard InChI is InChI=1S/C16H19N3O3.ClH/c1-18-10-6-7-11(18)9-12(8-10)22-16(21)19-14-5-3-2-4-13(14)17-15(19)20;/h2-5,10-12H,6-9H2,1H3,(H,17,20);1H. The average Bonchev–Trinajstić information content (AvgIpc) is 2.90. The number of hydrogen-bond acceptors (Lipinski definition) is 4. The summed E-state index contributed by atoms with van der Waals surface area (Å²) in [5, 5.41) is 0. The maximum absolute atomic E-state index is 12.4. The Balaban J connectivity index is 0.00000156. The number of nitrogens with one attached hydrogen (secondary N) is 1. The number of carbonyl (C=O) groups excluding carboxylic acids is 1. The van der Waals surface area contributed by atoms with Crippen molar-refractivity contribution in [1.82, 2.24) is 14.5 Å². The van der Waals surface area contributed by atoms with Crippen LogP contribution in [0.2, 0.25) is 0 Å². The highest BCUT2D eigenvalue weighted by Crippen LogP contribution is 2.35. The van der Waals surface area contributed by atoms with E-state index in [9.17, 15) is 9.59 Å². The maximum Gasteiger partial charge on any atom is 0.423 e. The summed E-state index contributed by atoms with van der Waals surface area (Å²) >= 11 is 0. The van der Waals surface area contributed by atoms with Crippen LogP contribution in [-0.2, 0) is 4.74 Å². The van der Waals surface area contributed by atoms with E-state index in [2.05, 4.69) is 16.9 Å². The number of halogens is 1. The van der Waals surface area contributed by atoms with Gasteiger partial charge >= 0.3 is 11.8 Å². The second-order valence-electron chi connectivity index (χ2n) is 6.31. The number of aromatic nitrogens is 2. The Morgan fingerprint density at radius 3 is 2.57 bits per heavy atom. The third-order valence-corrected chi connectivity index (χ3v) is 5.09. The number of benzene rings is 1. The monoisotopic (exact) mass is 337 g/mol. The fourth-order valence-corrected chi connectivity index (χ4v) is 3.89. The average molecular weight is 338 g/mol. The number of ether oxygens (including phenoxy) is 1. The second kappa shape index (κ2) is 6.02. The summed E-state index contributed by atoms with van der Waals surface area (Å²) in [6.07, 6.45) is 3.38. The minimum Gasteiger partial charge on any atom is -0.445 e. The van der Waals surface area contributed by atoms with Gasteiger partial charge < -0.3 is 14.6 Å². The summed E-state index contributed by atoms with van der Waals surface area (Å²) in [6, 6.07) is 8.13. The third-order valence-electron chi connectivity index (χ3n) is 5.09. The molecule has 3 heterocycles. The van der Waals surface area contributed by atoms with E-state index in [1.165, 1.54) is 12.8 Å². The fraction of sp³-hybridized carbons (Fsp3) is 0.500. The molecule has 0 radical (unpaired) electrons. The molecular formula is C16H20ClN3O3. The van der Waals surface area contributed by atoms with Gasteiger partial charge in [-0.25, -0.2) is 9.59 Å². The number of fused-ring (bicyclic) bond motifs is 3. The van der Waals surface area contributed by atoms with E-state index in [1.54, 1.807) is 18.2 Å². The van der Waals surface area contributed by atoms with E-state index in [-0.39, 0.29) is 18.5 Å². The summed E-state index contributed by atoms with van der Waals surface area (Å²) in [4.78, 5) is 29.5. The van der Waals surface area contributed by atoms with Gasteiger partial charge in [-0.2, -0.15) is 4.57 Å². The first-order valence-corrected chi connectivity index (χ1v) is 7.76. The van der Waals surface area contributed by atoms with Gasteiger partial charge in [-0.15, -0.1) is 12.4 Å². The van der Waals surface area contributed by atoms with Crippen LogP contribution in [0, 0.1) is 0 Å². The van der Waals surface area contributed by atoms with Crippen molar-refractivity contribution in [3.8, 4) is 0 Å². The first kappa shape index (κ1) is 16.1. The highest BCUT2D eigenvalue weighted by molar-refractivity contribution is 5.86. The van der Waals surface area contributed by atoms with E-state index in [1.807, 2.05) is 6.07 Å². The molecule has 2 unspecified atom stereocenters. The van der Waals surface area contributed by atoms with Crippen LogP contribution in [0.15, 0.2) is 29.1 Å². The summed E-state index contributed by atoms with van der Waals surface area (Å²) in [5.41, 5.74) is 0.767. The number of hydrogen-bond donors (Lipinski definition) is 1. The molecule has 0 amide bonds. The summed E-state index contributed by atoms with van der Waals surface area (Å²) in [5.74, 6) is 0. The Morgan fingerprint density at radius 1 is 1.22 bits per heavy atom. The lowest BCUT2D eigenvalue weighted by atomic mass is 10.0. The largest absolute Gasteiger partial charge is 0.445 e. The van der Waals surface area contributed by atoms with Crippen molar-refractivity contribution in [2.24, 2.45) is 0 Å². The number of H-pyrrole nitrogens is 1. The normalized spacial score (nSPS) is 26.9. The Labute approximate surface area is 139 Å². The van der Waals surface area contributed by atoms with Crippen LogP contribution in [0.25, 0.3) is 11.0 Å². The lowest BCUT2D eigenvalue weighted by molar-refractivity contribution is 0.0290. The molecule has 1 N–H and O–H groups in total. The van der Waals surface area contributed by atoms with Gasteiger partial charge in [0.2, 0.25) is 0 Å². The summed E-state index contributed by atoms with van der Waals surface area (Å²) < 4.78 is 6.72. The molecule has 2 bridgehead atoms. The molecule has 7 heteroatoms. The van der Waals surface area contributed by atoms with Gasteiger partial charge in [0.15, 0.2) is 0 Å². The molecule has 124 valence electrons. The van der Waals surface area contributed by atoms with Crippen LogP contribution in [0.1, 0.15) is 25.7 Å². The van der Waals surface area contributed by atoms with Crippen LogP contribution >= 0.6 is 12.4 Å². The molecule has 6 nitrogen and oxygen atoms in total. The molecule has 2 aromatic rings. The number of para-hydroxylation sites is 2. The van der Waals surface area contributed by atoms with E-state index < -0.39 is 11.8 Å². The Bertz CT molecular complexity index is 770. The molecule has 2 fully saturated rings. The van der Waals surface area contributed by atoms with E-state index in [0.717, 1.165) is 17.4 Å². The fourth-order valence-electron chi connectivity index (χ4n) is 3.89. The van der Waals surface area contributed by atoms with Crippen LogP contribution in [-0.4, -0.2) is 45.8 Å². The predicted octanol–water partition coefficient (Wildman–Crippen LogP) is 2.36. The van der Waals surface area contributed by atoms with Crippen LogP contribution in [0.3, 0.4) is 0 Å². The van der Waals surface area contributed by atoms with E-state index in [0.29, 0.717) is 23.1 Å². The second-order valence-corrected chi connectivity index (χ2v) is 6.31. The van der Waals surface area contributed by atoms with Gasteiger partial charge in [0.1, 0.15) is 6.10 Å². The smallest absolute Gasteiger partial charge is 0.423 e. The van der Waals surface area contributed by atoms with Crippen LogP contribution < -0.4 is 5.69 Å². The van der Waals surface area contributed by atoms with Gasteiger partial charge in [-0.05, 0) is 32.0 Å². The molecule has 0 saturated carbocycles. The lowest BCUT2D eigenvalue weighted by Gasteiger charge is -2.35. The van der Waals surface area contributed by atoms with Gasteiger partial charge in [0.05, 0.1) is 11.0 Å². The number of carbonyl (C=O) groups is 1. The first-order valence-electron chi connectivity index (χ1n) is 7.76. The summed E-state index contributed by atoms with van der Waals surface area (Å²) in [6.45, 7) is 0. The van der Waals surface area contributed by atoms with Crippen LogP contribution in [0.5, 0.6) is 0 Å². The quantitative estimate of drug-likeness (QED) is 0.867. The SMILES string of the molecule is CN1C2CCC1CC(OC(=O)n1c(=O)[nH]c3ccccc31)C2.Cl. The zero-order valence-corrected chi connectivity index (χ0v) is 13.7. The molecule has 1 aromatic heterocycles. The zero-order valence-electron chi connectivity index (χ0n) is 12.9. The molecule has 0 aliphatic carbocycles. The van der Waals surface area contributed by atoms with Crippen molar-refractivity contribution in [1.29, 1.82) is 0 Å².